The molecule has 0 saturated carbocycles. The number of hydrogen-bond acceptors (Lipinski definition) is 1. The van der Waals surface area contributed by atoms with Gasteiger partial charge in [0.2, 0.25) is 0 Å². The maximum Gasteiger partial charge on any atom is 0.0785 e. The molecule has 0 fully saturated rings. The minimum atomic E-state index is 0.850. The van der Waals surface area contributed by atoms with Crippen LogP contribution in [0.15, 0.2) is 132 Å². The standard InChI is InChI=1S/C38H33N/c1-5-16-31(26-28-17-10-7-11-18-28)32-23-24-34-35(27(3)25-32)36(29-19-12-8-13-20-29)33(6-2)38(39-4)37(34)30-21-14-9-15-22-30/h6-24H,2,4-5,26H2,1,3H3/b31-16-. The van der Waals surface area contributed by atoms with Crippen molar-refractivity contribution in [3.63, 3.8) is 0 Å². The van der Waals surface area contributed by atoms with Crippen LogP contribution in [-0.2, 0) is 6.42 Å². The zero-order valence-electron chi connectivity index (χ0n) is 22.7. The van der Waals surface area contributed by atoms with E-state index in [4.69, 9.17) is 0 Å². The van der Waals surface area contributed by atoms with Gasteiger partial charge in [-0.1, -0.05) is 123 Å². The molecule has 0 amide bonds. The van der Waals surface area contributed by atoms with Crippen LogP contribution in [0.5, 0.6) is 0 Å². The predicted octanol–water partition coefficient (Wildman–Crippen LogP) is 10.5. The van der Waals surface area contributed by atoms with Gasteiger partial charge in [0.25, 0.3) is 0 Å². The molecule has 1 aliphatic rings. The lowest BCUT2D eigenvalue weighted by Crippen LogP contribution is -1.99. The van der Waals surface area contributed by atoms with Gasteiger partial charge >= 0.3 is 0 Å². The zero-order chi connectivity index (χ0) is 27.2. The maximum absolute atomic E-state index is 4.60. The van der Waals surface area contributed by atoms with Gasteiger partial charge in [-0.15, -0.1) is 5.73 Å². The third kappa shape index (κ3) is 5.18. The van der Waals surface area contributed by atoms with Crippen LogP contribution in [0.2, 0.25) is 0 Å². The van der Waals surface area contributed by atoms with Gasteiger partial charge in [-0.3, -0.25) is 4.99 Å². The summed E-state index contributed by atoms with van der Waals surface area (Å²) >= 11 is 0. The van der Waals surface area contributed by atoms with Crippen LogP contribution < -0.4 is 0 Å². The van der Waals surface area contributed by atoms with Crippen molar-refractivity contribution in [3.8, 4) is 22.3 Å². The average Bonchev–Trinajstić information content (AvgIpc) is 3.15. The van der Waals surface area contributed by atoms with E-state index in [0.29, 0.717) is 0 Å². The molecule has 1 aliphatic carbocycles. The SMILES string of the molecule is C=Cc1c(N=C)c(-c2ccccc2)c2c(c1-c1ccccc1)C(C)=C=C(/C(=C\CC)Cc1ccccc1)C=C2. The third-order valence-electron chi connectivity index (χ3n) is 7.18. The Balaban J connectivity index is 1.84. The Hall–Kier alpha value is -4.71. The van der Waals surface area contributed by atoms with E-state index in [2.05, 4.69) is 135 Å². The number of aliphatic imine (C=N–C) groups is 1. The van der Waals surface area contributed by atoms with Crippen molar-refractivity contribution < 1.29 is 0 Å². The molecule has 0 spiro atoms. The van der Waals surface area contributed by atoms with Crippen LogP contribution in [0.4, 0.5) is 5.69 Å². The van der Waals surface area contributed by atoms with E-state index in [1.165, 1.54) is 11.1 Å². The van der Waals surface area contributed by atoms with Crippen LogP contribution in [0, 0.1) is 0 Å². The van der Waals surface area contributed by atoms with E-state index in [1.54, 1.807) is 0 Å². The van der Waals surface area contributed by atoms with Crippen molar-refractivity contribution in [2.45, 2.75) is 26.7 Å². The first-order valence-electron chi connectivity index (χ1n) is 13.5. The highest BCUT2D eigenvalue weighted by Crippen LogP contribution is 2.48. The quantitative estimate of drug-likeness (QED) is 0.167. The summed E-state index contributed by atoms with van der Waals surface area (Å²) in [5.41, 5.74) is 17.1. The highest BCUT2D eigenvalue weighted by atomic mass is 14.7. The molecule has 1 heteroatoms. The minimum absolute atomic E-state index is 0.850. The van der Waals surface area contributed by atoms with E-state index in [1.807, 2.05) is 18.2 Å². The number of nitrogens with zero attached hydrogens (tertiary/aromatic N) is 1. The van der Waals surface area contributed by atoms with Crippen molar-refractivity contribution in [1.29, 1.82) is 0 Å². The Morgan fingerprint density at radius 2 is 1.38 bits per heavy atom. The molecule has 1 nitrogen and oxygen atoms in total. The fourth-order valence-corrected chi connectivity index (χ4v) is 5.50. The molecule has 0 radical (unpaired) electrons. The van der Waals surface area contributed by atoms with E-state index < -0.39 is 0 Å². The fraction of sp³-hybridized carbons (Fsp3) is 0.105. The number of fused-ring (bicyclic) bond motifs is 1. The van der Waals surface area contributed by atoms with E-state index in [-0.39, 0.29) is 0 Å². The normalized spacial score (nSPS) is 12.7. The molecular weight excluding hydrogens is 470 g/mol. The molecule has 0 heterocycles. The first-order chi connectivity index (χ1) is 19.2. The molecule has 0 atom stereocenters. The van der Waals surface area contributed by atoms with Crippen molar-refractivity contribution in [2.75, 3.05) is 0 Å². The molecular formula is C38H33N. The third-order valence-corrected chi connectivity index (χ3v) is 7.18. The van der Waals surface area contributed by atoms with Crippen molar-refractivity contribution in [2.24, 2.45) is 4.99 Å². The molecule has 0 saturated heterocycles. The zero-order valence-corrected chi connectivity index (χ0v) is 22.7. The summed E-state index contributed by atoms with van der Waals surface area (Å²) in [5.74, 6) is 0. The first-order valence-corrected chi connectivity index (χ1v) is 13.5. The Morgan fingerprint density at radius 1 is 0.795 bits per heavy atom. The largest absolute Gasteiger partial charge is 0.263 e. The second kappa shape index (κ2) is 11.8. The Bertz CT molecular complexity index is 1640. The summed E-state index contributed by atoms with van der Waals surface area (Å²) in [7, 11) is 0. The molecule has 0 aliphatic heterocycles. The smallest absolute Gasteiger partial charge is 0.0785 e. The van der Waals surface area contributed by atoms with Crippen LogP contribution in [0.25, 0.3) is 40.0 Å². The summed E-state index contributed by atoms with van der Waals surface area (Å²) in [4.78, 5) is 4.60. The van der Waals surface area contributed by atoms with Crippen LogP contribution >= 0.6 is 0 Å². The maximum atomic E-state index is 4.60. The summed E-state index contributed by atoms with van der Waals surface area (Å²) in [6.07, 6.45) is 10.5. The highest BCUT2D eigenvalue weighted by Gasteiger charge is 2.25. The Morgan fingerprint density at radius 3 is 1.95 bits per heavy atom. The van der Waals surface area contributed by atoms with Crippen molar-refractivity contribution in [3.05, 3.63) is 149 Å². The number of benzene rings is 4. The van der Waals surface area contributed by atoms with Gasteiger partial charge in [0.15, 0.2) is 0 Å². The lowest BCUT2D eigenvalue weighted by Gasteiger charge is -2.23. The molecule has 4 aromatic rings. The Labute approximate surface area is 232 Å². The molecule has 39 heavy (non-hydrogen) atoms. The second-order valence-electron chi connectivity index (χ2n) is 9.69. The number of allylic oxidation sites excluding steroid dienone is 4. The lowest BCUT2D eigenvalue weighted by atomic mass is 9.81. The van der Waals surface area contributed by atoms with Crippen LogP contribution in [-0.4, -0.2) is 6.72 Å². The minimum Gasteiger partial charge on any atom is -0.263 e. The monoisotopic (exact) mass is 503 g/mol. The van der Waals surface area contributed by atoms with Crippen LogP contribution in [0.3, 0.4) is 0 Å². The summed E-state index contributed by atoms with van der Waals surface area (Å²) in [6.45, 7) is 12.6. The molecule has 190 valence electrons. The lowest BCUT2D eigenvalue weighted by molar-refractivity contribution is 1.11. The van der Waals surface area contributed by atoms with Crippen molar-refractivity contribution >= 4 is 30.1 Å². The predicted molar refractivity (Wildman–Crippen MR) is 170 cm³/mol. The average molecular weight is 504 g/mol. The van der Waals surface area contributed by atoms with Gasteiger partial charge < -0.3 is 0 Å². The van der Waals surface area contributed by atoms with Gasteiger partial charge in [-0.25, -0.2) is 0 Å². The van der Waals surface area contributed by atoms with Gasteiger partial charge in [0.1, 0.15) is 0 Å². The molecule has 0 N–H and O–H groups in total. The Kier molecular flexibility index (Phi) is 7.83. The topological polar surface area (TPSA) is 12.4 Å². The first kappa shape index (κ1) is 25.9. The van der Waals surface area contributed by atoms with E-state index in [9.17, 15) is 0 Å². The fourth-order valence-electron chi connectivity index (χ4n) is 5.50. The van der Waals surface area contributed by atoms with Gasteiger partial charge in [-0.2, -0.15) is 0 Å². The second-order valence-corrected chi connectivity index (χ2v) is 9.69. The molecule has 0 unspecified atom stereocenters. The molecule has 0 bridgehead atoms. The van der Waals surface area contributed by atoms with E-state index in [0.717, 1.165) is 68.6 Å². The summed E-state index contributed by atoms with van der Waals surface area (Å²) in [5, 5.41) is 0. The molecule has 4 aromatic carbocycles. The summed E-state index contributed by atoms with van der Waals surface area (Å²) in [6, 6.07) is 31.6. The van der Waals surface area contributed by atoms with Gasteiger partial charge in [-0.05, 0) is 65.9 Å². The number of rotatable bonds is 8. The van der Waals surface area contributed by atoms with E-state index >= 15 is 0 Å². The molecule has 0 aromatic heterocycles. The molecule has 5 rings (SSSR count). The van der Waals surface area contributed by atoms with Gasteiger partial charge in [0.05, 0.1) is 5.69 Å². The highest BCUT2D eigenvalue weighted by molar-refractivity contribution is 6.03. The summed E-state index contributed by atoms with van der Waals surface area (Å²) < 4.78 is 0. The van der Waals surface area contributed by atoms with Gasteiger partial charge in [0, 0.05) is 27.8 Å². The van der Waals surface area contributed by atoms with Crippen molar-refractivity contribution in [1.82, 2.24) is 0 Å². The number of hydrogen-bond donors (Lipinski definition) is 0. The van der Waals surface area contributed by atoms with Crippen LogP contribution in [0.1, 0.15) is 42.5 Å².